The molecular weight excluding hydrogens is 490 g/mol. The van der Waals surface area contributed by atoms with Crippen LogP contribution in [0.25, 0.3) is 0 Å². The highest BCUT2D eigenvalue weighted by Gasteiger charge is 2.16. The molecule has 0 fully saturated rings. The lowest BCUT2D eigenvalue weighted by molar-refractivity contribution is 0.0970. The van der Waals surface area contributed by atoms with Crippen molar-refractivity contribution in [3.05, 3.63) is 88.4 Å². The number of anilines is 2. The molecule has 0 aliphatic carbocycles. The predicted molar refractivity (Wildman–Crippen MR) is 134 cm³/mol. The Morgan fingerprint density at radius 2 is 1.56 bits per heavy atom. The maximum absolute atomic E-state index is 12.8. The zero-order valence-corrected chi connectivity index (χ0v) is 19.9. The zero-order chi connectivity index (χ0) is 23.1. The summed E-state index contributed by atoms with van der Waals surface area (Å²) in [5, 5.41) is 8.59. The van der Waals surface area contributed by atoms with Crippen LogP contribution in [0, 0.1) is 0 Å². The third-order valence-electron chi connectivity index (χ3n) is 4.19. The van der Waals surface area contributed by atoms with Crippen LogP contribution in [0.2, 0.25) is 0 Å². The van der Waals surface area contributed by atoms with Gasteiger partial charge in [0.2, 0.25) is 0 Å². The third kappa shape index (κ3) is 6.63. The minimum absolute atomic E-state index is 0.0818. The number of amides is 2. The van der Waals surface area contributed by atoms with Crippen LogP contribution < -0.4 is 20.7 Å². The van der Waals surface area contributed by atoms with Crippen LogP contribution in [0.3, 0.4) is 0 Å². The van der Waals surface area contributed by atoms with E-state index in [0.29, 0.717) is 28.3 Å². The van der Waals surface area contributed by atoms with Gasteiger partial charge in [-0.2, -0.15) is 0 Å². The van der Waals surface area contributed by atoms with Crippen molar-refractivity contribution in [3.8, 4) is 5.75 Å². The highest BCUT2D eigenvalue weighted by Crippen LogP contribution is 2.24. The summed E-state index contributed by atoms with van der Waals surface area (Å²) in [5.41, 5.74) is 2.13. The lowest BCUT2D eigenvalue weighted by Crippen LogP contribution is -2.34. The Bertz CT molecular complexity index is 1140. The average molecular weight is 512 g/mol. The summed E-state index contributed by atoms with van der Waals surface area (Å²) in [6, 6.07) is 21.2. The smallest absolute Gasteiger partial charge is 0.261 e. The van der Waals surface area contributed by atoms with Crippen LogP contribution in [0.1, 0.15) is 34.6 Å². The van der Waals surface area contributed by atoms with E-state index in [2.05, 4.69) is 31.9 Å². The van der Waals surface area contributed by atoms with Gasteiger partial charge < -0.3 is 15.4 Å². The summed E-state index contributed by atoms with van der Waals surface area (Å²) in [7, 11) is 0. The SMILES string of the molecule is CC(C)Oc1ccc(Br)cc1C(=O)NC(=S)Nc1cccc(NC(=O)c2ccccc2)c1. The van der Waals surface area contributed by atoms with Crippen LogP contribution in [0.4, 0.5) is 11.4 Å². The van der Waals surface area contributed by atoms with Crippen molar-refractivity contribution in [3.63, 3.8) is 0 Å². The van der Waals surface area contributed by atoms with Gasteiger partial charge in [0, 0.05) is 21.4 Å². The van der Waals surface area contributed by atoms with Gasteiger partial charge in [-0.05, 0) is 74.6 Å². The van der Waals surface area contributed by atoms with Gasteiger partial charge in [0.1, 0.15) is 5.75 Å². The monoisotopic (exact) mass is 511 g/mol. The maximum Gasteiger partial charge on any atom is 0.261 e. The highest BCUT2D eigenvalue weighted by atomic mass is 79.9. The van der Waals surface area contributed by atoms with E-state index in [9.17, 15) is 9.59 Å². The van der Waals surface area contributed by atoms with Gasteiger partial charge in [0.15, 0.2) is 5.11 Å². The number of rotatable bonds is 6. The summed E-state index contributed by atoms with van der Waals surface area (Å²) in [6.45, 7) is 3.78. The molecule has 0 saturated heterocycles. The molecule has 0 atom stereocenters. The molecule has 0 saturated carbocycles. The molecule has 0 aliphatic rings. The number of benzene rings is 3. The van der Waals surface area contributed by atoms with E-state index < -0.39 is 5.91 Å². The second-order valence-electron chi connectivity index (χ2n) is 7.12. The van der Waals surface area contributed by atoms with Crippen LogP contribution in [-0.2, 0) is 0 Å². The van der Waals surface area contributed by atoms with Crippen molar-refractivity contribution < 1.29 is 14.3 Å². The van der Waals surface area contributed by atoms with E-state index in [1.165, 1.54) is 0 Å². The predicted octanol–water partition coefficient (Wildman–Crippen LogP) is 5.62. The number of halogens is 1. The molecule has 164 valence electrons. The Kier molecular flexibility index (Phi) is 7.97. The van der Waals surface area contributed by atoms with Gasteiger partial charge in [-0.25, -0.2) is 0 Å². The van der Waals surface area contributed by atoms with Crippen molar-refractivity contribution in [1.82, 2.24) is 5.32 Å². The first-order chi connectivity index (χ1) is 15.3. The average Bonchev–Trinajstić information content (AvgIpc) is 2.75. The molecule has 32 heavy (non-hydrogen) atoms. The molecule has 0 bridgehead atoms. The fourth-order valence-corrected chi connectivity index (χ4v) is 3.41. The van der Waals surface area contributed by atoms with E-state index in [4.69, 9.17) is 17.0 Å². The molecule has 0 aliphatic heterocycles. The molecule has 0 spiro atoms. The van der Waals surface area contributed by atoms with Crippen molar-refractivity contribution >= 4 is 56.4 Å². The fraction of sp³-hybridized carbons (Fsp3) is 0.125. The van der Waals surface area contributed by atoms with Crippen LogP contribution in [0.15, 0.2) is 77.3 Å². The maximum atomic E-state index is 12.8. The van der Waals surface area contributed by atoms with Crippen LogP contribution in [-0.4, -0.2) is 23.0 Å². The quantitative estimate of drug-likeness (QED) is 0.374. The zero-order valence-electron chi connectivity index (χ0n) is 17.5. The van der Waals surface area contributed by atoms with Gasteiger partial charge >= 0.3 is 0 Å². The number of nitrogens with one attached hydrogen (secondary N) is 3. The summed E-state index contributed by atoms with van der Waals surface area (Å²) >= 11 is 8.68. The number of ether oxygens (including phenoxy) is 1. The lowest BCUT2D eigenvalue weighted by atomic mass is 10.2. The Morgan fingerprint density at radius 1 is 0.875 bits per heavy atom. The van der Waals surface area contributed by atoms with Crippen molar-refractivity contribution in [2.75, 3.05) is 10.6 Å². The summed E-state index contributed by atoms with van der Waals surface area (Å²) in [5.74, 6) is -0.145. The number of hydrogen-bond acceptors (Lipinski definition) is 4. The molecule has 0 unspecified atom stereocenters. The first-order valence-corrected chi connectivity index (χ1v) is 11.1. The molecule has 3 N–H and O–H groups in total. The van der Waals surface area contributed by atoms with Gasteiger partial charge in [-0.15, -0.1) is 0 Å². The minimum atomic E-state index is -0.395. The summed E-state index contributed by atoms with van der Waals surface area (Å²) in [6.07, 6.45) is -0.0818. The van der Waals surface area contributed by atoms with E-state index in [-0.39, 0.29) is 17.1 Å². The van der Waals surface area contributed by atoms with Crippen LogP contribution in [0.5, 0.6) is 5.75 Å². The van der Waals surface area contributed by atoms with Crippen molar-refractivity contribution in [2.24, 2.45) is 0 Å². The van der Waals surface area contributed by atoms with E-state index in [1.807, 2.05) is 19.9 Å². The molecular formula is C24H22BrN3O3S. The van der Waals surface area contributed by atoms with Crippen molar-refractivity contribution in [2.45, 2.75) is 20.0 Å². The van der Waals surface area contributed by atoms with Crippen LogP contribution >= 0.6 is 28.1 Å². The van der Waals surface area contributed by atoms with E-state index in [1.54, 1.807) is 66.7 Å². The molecule has 6 nitrogen and oxygen atoms in total. The fourth-order valence-electron chi connectivity index (χ4n) is 2.84. The first kappa shape index (κ1) is 23.4. The first-order valence-electron chi connectivity index (χ1n) is 9.87. The Hall–Kier alpha value is -3.23. The normalized spacial score (nSPS) is 10.4. The Morgan fingerprint density at radius 3 is 2.25 bits per heavy atom. The topological polar surface area (TPSA) is 79.5 Å². The molecule has 8 heteroatoms. The number of carbonyl (C=O) groups excluding carboxylic acids is 2. The molecule has 3 rings (SSSR count). The van der Waals surface area contributed by atoms with Crippen molar-refractivity contribution in [1.29, 1.82) is 0 Å². The summed E-state index contributed by atoms with van der Waals surface area (Å²) < 4.78 is 6.47. The molecule has 2 amide bonds. The Labute approximate surface area is 200 Å². The highest BCUT2D eigenvalue weighted by molar-refractivity contribution is 9.10. The van der Waals surface area contributed by atoms with Gasteiger partial charge in [0.05, 0.1) is 11.7 Å². The number of thiocarbonyl (C=S) groups is 1. The van der Waals surface area contributed by atoms with E-state index in [0.717, 1.165) is 4.47 Å². The van der Waals surface area contributed by atoms with Gasteiger partial charge in [0.25, 0.3) is 11.8 Å². The minimum Gasteiger partial charge on any atom is -0.490 e. The molecule has 0 heterocycles. The van der Waals surface area contributed by atoms with Gasteiger partial charge in [-0.1, -0.05) is 40.2 Å². The largest absolute Gasteiger partial charge is 0.490 e. The number of hydrogen-bond donors (Lipinski definition) is 3. The second-order valence-corrected chi connectivity index (χ2v) is 8.44. The molecule has 0 aromatic heterocycles. The lowest BCUT2D eigenvalue weighted by Gasteiger charge is -2.15. The summed E-state index contributed by atoms with van der Waals surface area (Å²) in [4.78, 5) is 25.1. The molecule has 0 radical (unpaired) electrons. The number of carbonyl (C=O) groups is 2. The third-order valence-corrected chi connectivity index (χ3v) is 4.89. The molecule has 3 aromatic rings. The molecule has 3 aromatic carbocycles. The standard InChI is InChI=1S/C24H22BrN3O3S/c1-15(2)31-21-12-11-17(25)13-20(21)23(30)28-24(32)27-19-10-6-9-18(14-19)26-22(29)16-7-4-3-5-8-16/h3-15H,1-2H3,(H,26,29)(H2,27,28,30,32). The van der Waals surface area contributed by atoms with Gasteiger partial charge in [-0.3, -0.25) is 14.9 Å². The Balaban J connectivity index is 1.65. The second kappa shape index (κ2) is 10.9. The van der Waals surface area contributed by atoms with E-state index >= 15 is 0 Å².